The molecule has 0 aliphatic carbocycles. The summed E-state index contributed by atoms with van der Waals surface area (Å²) in [6.07, 6.45) is 18.7. The molecule has 0 N–H and O–H groups in total. The fourth-order valence-corrected chi connectivity index (χ4v) is 3.62. The number of halogens is 1. The smallest absolute Gasteiger partial charge is 0.342 e. The van der Waals surface area contributed by atoms with Gasteiger partial charge in [-0.15, -0.1) is 0 Å². The van der Waals surface area contributed by atoms with Gasteiger partial charge < -0.3 is 9.30 Å². The molecule has 0 unspecified atom stereocenters. The number of carbonyl (C=O) groups excluding carboxylic acids is 1. The molecule has 1 heterocycles. The van der Waals surface area contributed by atoms with Crippen LogP contribution in [-0.4, -0.2) is 17.1 Å². The van der Waals surface area contributed by atoms with Gasteiger partial charge in [0, 0.05) is 18.9 Å². The van der Waals surface area contributed by atoms with Crippen LogP contribution in [0.4, 0.5) is 4.39 Å². The molecule has 1 aromatic heterocycles. The summed E-state index contributed by atoms with van der Waals surface area (Å²) in [4.78, 5) is 11.7. The minimum atomic E-state index is -0.580. The monoisotopic (exact) mass is 395 g/mol. The van der Waals surface area contributed by atoms with Crippen LogP contribution in [0, 0.1) is 11.2 Å². The first-order chi connectivity index (χ1) is 13.4. The van der Waals surface area contributed by atoms with Crippen LogP contribution in [0.15, 0.2) is 12.4 Å². The summed E-state index contributed by atoms with van der Waals surface area (Å²) in [7, 11) is 0. The SMILES string of the molecule is CCCCCCCCCCCCC(C)(C)CCn1cc(F)c(C(=O)OCC)c1. The summed E-state index contributed by atoms with van der Waals surface area (Å²) >= 11 is 0. The average molecular weight is 396 g/mol. The maximum absolute atomic E-state index is 13.9. The van der Waals surface area contributed by atoms with Crippen molar-refractivity contribution in [1.82, 2.24) is 4.57 Å². The molecule has 28 heavy (non-hydrogen) atoms. The molecule has 0 radical (unpaired) electrons. The predicted octanol–water partition coefficient (Wildman–Crippen LogP) is 7.53. The topological polar surface area (TPSA) is 31.2 Å². The van der Waals surface area contributed by atoms with Crippen molar-refractivity contribution in [1.29, 1.82) is 0 Å². The zero-order chi connectivity index (χ0) is 20.8. The molecular formula is C24H42FNO2. The number of aryl methyl sites for hydroxylation is 1. The summed E-state index contributed by atoms with van der Waals surface area (Å²) < 4.78 is 20.6. The minimum Gasteiger partial charge on any atom is -0.462 e. The summed E-state index contributed by atoms with van der Waals surface area (Å²) in [6.45, 7) is 9.54. The average Bonchev–Trinajstić information content (AvgIpc) is 3.03. The summed E-state index contributed by atoms with van der Waals surface area (Å²) in [6, 6.07) is 0. The van der Waals surface area contributed by atoms with Gasteiger partial charge in [0.15, 0.2) is 5.82 Å². The van der Waals surface area contributed by atoms with Crippen LogP contribution in [0.5, 0.6) is 0 Å². The van der Waals surface area contributed by atoms with Crippen molar-refractivity contribution in [3.63, 3.8) is 0 Å². The van der Waals surface area contributed by atoms with Crippen LogP contribution in [-0.2, 0) is 11.3 Å². The van der Waals surface area contributed by atoms with Gasteiger partial charge >= 0.3 is 5.97 Å². The standard InChI is InChI=1S/C24H42FNO2/c1-5-7-8-9-10-11-12-13-14-15-16-24(3,4)17-18-26-19-21(22(25)20-26)23(27)28-6-2/h19-20H,5-18H2,1-4H3. The number of aromatic nitrogens is 1. The molecular weight excluding hydrogens is 353 g/mol. The number of rotatable bonds is 16. The van der Waals surface area contributed by atoms with E-state index in [0.29, 0.717) is 0 Å². The number of carbonyl (C=O) groups is 1. The highest BCUT2D eigenvalue weighted by atomic mass is 19.1. The van der Waals surface area contributed by atoms with E-state index in [9.17, 15) is 9.18 Å². The number of hydrogen-bond donors (Lipinski definition) is 0. The van der Waals surface area contributed by atoms with E-state index < -0.39 is 11.8 Å². The fraction of sp³-hybridized carbons (Fsp3) is 0.792. The summed E-state index contributed by atoms with van der Waals surface area (Å²) in [5.41, 5.74) is 0.264. The lowest BCUT2D eigenvalue weighted by molar-refractivity contribution is 0.0521. The van der Waals surface area contributed by atoms with Crippen molar-refractivity contribution < 1.29 is 13.9 Å². The third-order valence-corrected chi connectivity index (χ3v) is 5.58. The number of unbranched alkanes of at least 4 members (excludes halogenated alkanes) is 9. The fourth-order valence-electron chi connectivity index (χ4n) is 3.62. The van der Waals surface area contributed by atoms with Gasteiger partial charge in [0.05, 0.1) is 6.61 Å². The van der Waals surface area contributed by atoms with E-state index in [-0.39, 0.29) is 17.6 Å². The van der Waals surface area contributed by atoms with Gasteiger partial charge in [0.25, 0.3) is 0 Å². The Hall–Kier alpha value is -1.32. The molecule has 0 saturated carbocycles. The second-order valence-electron chi connectivity index (χ2n) is 8.82. The number of ether oxygens (including phenoxy) is 1. The Morgan fingerprint density at radius 3 is 2.07 bits per heavy atom. The van der Waals surface area contributed by atoms with Gasteiger partial charge in [0.2, 0.25) is 0 Å². The first-order valence-corrected chi connectivity index (χ1v) is 11.4. The van der Waals surface area contributed by atoms with E-state index in [4.69, 9.17) is 4.74 Å². The van der Waals surface area contributed by atoms with E-state index in [1.54, 1.807) is 17.7 Å². The molecule has 0 atom stereocenters. The Morgan fingerprint density at radius 2 is 1.50 bits per heavy atom. The Kier molecular flexibility index (Phi) is 12.2. The number of hydrogen-bond acceptors (Lipinski definition) is 2. The molecule has 1 aromatic rings. The third kappa shape index (κ3) is 10.3. The molecule has 162 valence electrons. The Morgan fingerprint density at radius 1 is 0.929 bits per heavy atom. The van der Waals surface area contributed by atoms with Crippen LogP contribution in [0.3, 0.4) is 0 Å². The largest absolute Gasteiger partial charge is 0.462 e. The molecule has 0 aliphatic heterocycles. The summed E-state index contributed by atoms with van der Waals surface area (Å²) in [5.74, 6) is -1.07. The van der Waals surface area contributed by atoms with Crippen LogP contribution in [0.2, 0.25) is 0 Å². The molecule has 0 bridgehead atoms. The van der Waals surface area contributed by atoms with E-state index in [0.717, 1.165) is 13.0 Å². The molecule has 0 saturated heterocycles. The van der Waals surface area contributed by atoms with E-state index in [2.05, 4.69) is 20.8 Å². The third-order valence-electron chi connectivity index (χ3n) is 5.58. The van der Waals surface area contributed by atoms with Gasteiger partial charge in [-0.1, -0.05) is 85.0 Å². The highest BCUT2D eigenvalue weighted by Crippen LogP contribution is 2.29. The lowest BCUT2D eigenvalue weighted by atomic mass is 9.83. The first-order valence-electron chi connectivity index (χ1n) is 11.4. The molecule has 0 aromatic carbocycles. The van der Waals surface area contributed by atoms with Gasteiger partial charge in [-0.25, -0.2) is 9.18 Å². The van der Waals surface area contributed by atoms with Crippen molar-refractivity contribution in [3.05, 3.63) is 23.8 Å². The van der Waals surface area contributed by atoms with E-state index in [1.807, 2.05) is 0 Å². The van der Waals surface area contributed by atoms with Crippen molar-refractivity contribution >= 4 is 5.97 Å². The van der Waals surface area contributed by atoms with E-state index >= 15 is 0 Å². The number of nitrogens with zero attached hydrogens (tertiary/aromatic N) is 1. The maximum atomic E-state index is 13.9. The second kappa shape index (κ2) is 13.8. The van der Waals surface area contributed by atoms with Gasteiger partial charge in [-0.3, -0.25) is 0 Å². The van der Waals surface area contributed by atoms with Gasteiger partial charge in [0.1, 0.15) is 5.56 Å². The lowest BCUT2D eigenvalue weighted by Crippen LogP contribution is -2.14. The van der Waals surface area contributed by atoms with Gasteiger partial charge in [-0.05, 0) is 25.2 Å². The molecule has 1 rings (SSSR count). The first kappa shape index (κ1) is 24.7. The van der Waals surface area contributed by atoms with Crippen LogP contribution >= 0.6 is 0 Å². The quantitative estimate of drug-likeness (QED) is 0.214. The minimum absolute atomic E-state index is 0.0364. The molecule has 0 aliphatic rings. The highest BCUT2D eigenvalue weighted by Gasteiger charge is 2.19. The van der Waals surface area contributed by atoms with Crippen LogP contribution < -0.4 is 0 Å². The van der Waals surface area contributed by atoms with Crippen molar-refractivity contribution in [3.8, 4) is 0 Å². The Bertz CT molecular complexity index is 551. The predicted molar refractivity (Wildman–Crippen MR) is 115 cm³/mol. The van der Waals surface area contributed by atoms with Crippen molar-refractivity contribution in [2.75, 3.05) is 6.61 Å². The molecule has 3 nitrogen and oxygen atoms in total. The maximum Gasteiger partial charge on any atom is 0.342 e. The zero-order valence-corrected chi connectivity index (χ0v) is 18.7. The molecule has 0 fully saturated rings. The Balaban J connectivity index is 2.19. The molecule has 4 heteroatoms. The summed E-state index contributed by atoms with van der Waals surface area (Å²) in [5, 5.41) is 0. The van der Waals surface area contributed by atoms with Crippen molar-refractivity contribution in [2.24, 2.45) is 5.41 Å². The normalized spacial score (nSPS) is 11.8. The van der Waals surface area contributed by atoms with Crippen LogP contribution in [0.25, 0.3) is 0 Å². The molecule has 0 spiro atoms. The lowest BCUT2D eigenvalue weighted by Gasteiger charge is -2.24. The highest BCUT2D eigenvalue weighted by molar-refractivity contribution is 5.89. The van der Waals surface area contributed by atoms with Crippen molar-refractivity contribution in [2.45, 2.75) is 111 Å². The zero-order valence-electron chi connectivity index (χ0n) is 18.7. The second-order valence-corrected chi connectivity index (χ2v) is 8.82. The molecule has 0 amide bonds. The van der Waals surface area contributed by atoms with E-state index in [1.165, 1.54) is 76.8 Å². The number of esters is 1. The van der Waals surface area contributed by atoms with Crippen LogP contribution in [0.1, 0.15) is 115 Å². The van der Waals surface area contributed by atoms with Gasteiger partial charge in [-0.2, -0.15) is 0 Å². The Labute approximate surface area is 172 Å².